The molecule has 0 bridgehead atoms. The van der Waals surface area contributed by atoms with Crippen molar-refractivity contribution in [3.8, 4) is 0 Å². The SMILES string of the molecule is COCc1cccc(C(=O)Nc2cc(S(C)(=O)=O)ccc2F)c1. The molecule has 0 aliphatic heterocycles. The lowest BCUT2D eigenvalue weighted by atomic mass is 10.1. The van der Waals surface area contributed by atoms with Gasteiger partial charge in [-0.05, 0) is 35.9 Å². The van der Waals surface area contributed by atoms with E-state index in [1.807, 2.05) is 0 Å². The summed E-state index contributed by atoms with van der Waals surface area (Å²) in [4.78, 5) is 12.1. The predicted molar refractivity (Wildman–Crippen MR) is 84.6 cm³/mol. The molecule has 0 atom stereocenters. The number of ether oxygens (including phenoxy) is 1. The van der Waals surface area contributed by atoms with E-state index in [2.05, 4.69) is 5.32 Å². The zero-order chi connectivity index (χ0) is 17.0. The van der Waals surface area contributed by atoms with Gasteiger partial charge in [0.1, 0.15) is 5.82 Å². The number of hydrogen-bond donors (Lipinski definition) is 1. The summed E-state index contributed by atoms with van der Waals surface area (Å²) < 4.78 is 41.8. The van der Waals surface area contributed by atoms with Gasteiger partial charge in [-0.1, -0.05) is 12.1 Å². The van der Waals surface area contributed by atoms with Gasteiger partial charge < -0.3 is 10.1 Å². The minimum atomic E-state index is -3.49. The summed E-state index contributed by atoms with van der Waals surface area (Å²) in [5, 5.41) is 2.39. The second kappa shape index (κ2) is 6.89. The lowest BCUT2D eigenvalue weighted by molar-refractivity contribution is 0.102. The molecule has 0 aliphatic carbocycles. The number of methoxy groups -OCH3 is 1. The van der Waals surface area contributed by atoms with Gasteiger partial charge in [-0.25, -0.2) is 12.8 Å². The van der Waals surface area contributed by atoms with E-state index < -0.39 is 21.6 Å². The van der Waals surface area contributed by atoms with Crippen LogP contribution in [0.3, 0.4) is 0 Å². The van der Waals surface area contributed by atoms with Crippen molar-refractivity contribution in [2.24, 2.45) is 0 Å². The number of amides is 1. The Kier molecular flexibility index (Phi) is 5.12. The number of sulfone groups is 1. The van der Waals surface area contributed by atoms with Gasteiger partial charge >= 0.3 is 0 Å². The number of benzene rings is 2. The Labute approximate surface area is 134 Å². The Balaban J connectivity index is 2.28. The van der Waals surface area contributed by atoms with Crippen molar-refractivity contribution >= 4 is 21.4 Å². The fourth-order valence-corrected chi connectivity index (χ4v) is 2.64. The maximum absolute atomic E-state index is 13.8. The van der Waals surface area contributed by atoms with Gasteiger partial charge in [-0.3, -0.25) is 4.79 Å². The van der Waals surface area contributed by atoms with Crippen LogP contribution in [0.1, 0.15) is 15.9 Å². The number of rotatable bonds is 5. The first-order valence-electron chi connectivity index (χ1n) is 6.70. The third kappa shape index (κ3) is 4.37. The van der Waals surface area contributed by atoms with Gasteiger partial charge in [0.2, 0.25) is 0 Å². The summed E-state index contributed by atoms with van der Waals surface area (Å²) in [6.45, 7) is 0.346. The number of carbonyl (C=O) groups is 1. The summed E-state index contributed by atoms with van der Waals surface area (Å²) >= 11 is 0. The van der Waals surface area contributed by atoms with Crippen molar-refractivity contribution in [1.29, 1.82) is 0 Å². The minimum absolute atomic E-state index is 0.0673. The van der Waals surface area contributed by atoms with Crippen LogP contribution in [0.4, 0.5) is 10.1 Å². The van der Waals surface area contributed by atoms with Crippen molar-refractivity contribution in [2.45, 2.75) is 11.5 Å². The Morgan fingerprint density at radius 3 is 2.61 bits per heavy atom. The largest absolute Gasteiger partial charge is 0.380 e. The highest BCUT2D eigenvalue weighted by atomic mass is 32.2. The molecule has 0 saturated heterocycles. The molecule has 122 valence electrons. The van der Waals surface area contributed by atoms with Crippen LogP contribution in [0.5, 0.6) is 0 Å². The maximum atomic E-state index is 13.8. The Bertz CT molecular complexity index is 834. The predicted octanol–water partition coefficient (Wildman–Crippen LogP) is 2.63. The number of anilines is 1. The Morgan fingerprint density at radius 2 is 1.96 bits per heavy atom. The number of nitrogens with one attached hydrogen (secondary N) is 1. The lowest BCUT2D eigenvalue weighted by Gasteiger charge is -2.09. The third-order valence-corrected chi connectivity index (χ3v) is 4.22. The molecule has 5 nitrogen and oxygen atoms in total. The monoisotopic (exact) mass is 337 g/mol. The third-order valence-electron chi connectivity index (χ3n) is 3.11. The Morgan fingerprint density at radius 1 is 1.22 bits per heavy atom. The average Bonchev–Trinajstić information content (AvgIpc) is 2.49. The zero-order valence-electron chi connectivity index (χ0n) is 12.7. The highest BCUT2D eigenvalue weighted by molar-refractivity contribution is 7.90. The first kappa shape index (κ1) is 17.1. The minimum Gasteiger partial charge on any atom is -0.380 e. The first-order chi connectivity index (χ1) is 10.8. The van der Waals surface area contributed by atoms with Crippen LogP contribution in [-0.2, 0) is 21.2 Å². The van der Waals surface area contributed by atoms with E-state index in [1.54, 1.807) is 31.4 Å². The molecule has 7 heteroatoms. The van der Waals surface area contributed by atoms with E-state index in [4.69, 9.17) is 4.74 Å². The van der Waals surface area contributed by atoms with E-state index in [1.165, 1.54) is 0 Å². The van der Waals surface area contributed by atoms with Crippen LogP contribution in [0.15, 0.2) is 47.4 Å². The van der Waals surface area contributed by atoms with Crippen molar-refractivity contribution in [1.82, 2.24) is 0 Å². The van der Waals surface area contributed by atoms with Crippen molar-refractivity contribution in [3.05, 3.63) is 59.4 Å². The van der Waals surface area contributed by atoms with E-state index in [0.29, 0.717) is 12.2 Å². The molecule has 0 unspecified atom stereocenters. The molecule has 23 heavy (non-hydrogen) atoms. The van der Waals surface area contributed by atoms with Crippen LogP contribution in [-0.4, -0.2) is 27.7 Å². The molecule has 0 spiro atoms. The van der Waals surface area contributed by atoms with Crippen LogP contribution in [0.25, 0.3) is 0 Å². The van der Waals surface area contributed by atoms with Gasteiger partial charge in [0, 0.05) is 18.9 Å². The number of halogens is 1. The van der Waals surface area contributed by atoms with Gasteiger partial charge in [0.15, 0.2) is 9.84 Å². The standard InChI is InChI=1S/C16H16FNO4S/c1-22-10-11-4-3-5-12(8-11)16(19)18-15-9-13(23(2,20)21)6-7-14(15)17/h3-9H,10H2,1-2H3,(H,18,19). The molecule has 0 heterocycles. The Hall–Kier alpha value is -2.25. The van der Waals surface area contributed by atoms with Gasteiger partial charge in [0.25, 0.3) is 5.91 Å². The molecule has 2 rings (SSSR count). The highest BCUT2D eigenvalue weighted by Crippen LogP contribution is 2.20. The summed E-state index contributed by atoms with van der Waals surface area (Å²) in [7, 11) is -1.95. The van der Waals surface area contributed by atoms with Gasteiger partial charge in [0.05, 0.1) is 17.2 Å². The maximum Gasteiger partial charge on any atom is 0.255 e. The quantitative estimate of drug-likeness (QED) is 0.851. The van der Waals surface area contributed by atoms with Crippen LogP contribution < -0.4 is 5.32 Å². The number of hydrogen-bond acceptors (Lipinski definition) is 4. The van der Waals surface area contributed by atoms with E-state index in [9.17, 15) is 17.6 Å². The van der Waals surface area contributed by atoms with E-state index in [0.717, 1.165) is 30.0 Å². The molecule has 0 aromatic heterocycles. The molecule has 2 aromatic carbocycles. The summed E-state index contributed by atoms with van der Waals surface area (Å²) in [6, 6.07) is 9.94. The smallest absolute Gasteiger partial charge is 0.255 e. The normalized spacial score (nSPS) is 11.3. The molecule has 0 fully saturated rings. The van der Waals surface area contributed by atoms with Crippen LogP contribution in [0, 0.1) is 5.82 Å². The van der Waals surface area contributed by atoms with Crippen molar-refractivity contribution < 1.29 is 22.3 Å². The molecule has 1 amide bonds. The van der Waals surface area contributed by atoms with E-state index >= 15 is 0 Å². The molecular formula is C16H16FNO4S. The molecule has 2 aromatic rings. The van der Waals surface area contributed by atoms with Gasteiger partial charge in [-0.2, -0.15) is 0 Å². The van der Waals surface area contributed by atoms with Crippen molar-refractivity contribution in [2.75, 3.05) is 18.7 Å². The summed E-state index contributed by atoms with van der Waals surface area (Å²) in [5.41, 5.74) is 0.935. The second-order valence-corrected chi connectivity index (χ2v) is 7.02. The summed E-state index contributed by atoms with van der Waals surface area (Å²) in [6.07, 6.45) is 1.01. The van der Waals surface area contributed by atoms with Crippen molar-refractivity contribution in [3.63, 3.8) is 0 Å². The topological polar surface area (TPSA) is 72.5 Å². The molecule has 0 radical (unpaired) electrons. The lowest BCUT2D eigenvalue weighted by Crippen LogP contribution is -2.14. The second-order valence-electron chi connectivity index (χ2n) is 5.00. The molecule has 1 N–H and O–H groups in total. The molecular weight excluding hydrogens is 321 g/mol. The number of carbonyl (C=O) groups excluding carboxylic acids is 1. The zero-order valence-corrected chi connectivity index (χ0v) is 13.5. The van der Waals surface area contributed by atoms with Gasteiger partial charge in [-0.15, -0.1) is 0 Å². The summed E-state index contributed by atoms with van der Waals surface area (Å²) in [5.74, 6) is -1.24. The average molecular weight is 337 g/mol. The fraction of sp³-hybridized carbons (Fsp3) is 0.188. The highest BCUT2D eigenvalue weighted by Gasteiger charge is 2.14. The van der Waals surface area contributed by atoms with Crippen LogP contribution >= 0.6 is 0 Å². The van der Waals surface area contributed by atoms with Crippen LogP contribution in [0.2, 0.25) is 0 Å². The molecule has 0 saturated carbocycles. The first-order valence-corrected chi connectivity index (χ1v) is 8.59. The fourth-order valence-electron chi connectivity index (χ4n) is 1.99. The van der Waals surface area contributed by atoms with E-state index in [-0.39, 0.29) is 10.6 Å². The molecule has 0 aliphatic rings.